The molecular weight excluding hydrogens is 328 g/mol. The number of rotatable bonds is 4. The largest absolute Gasteiger partial charge is 0.382 e. The SMILES string of the molecule is Cc1ccc2nc(CN3CCCC(O)(c4cn(C(C)C)nn4)C3)cn2c1. The second-order valence-electron chi connectivity index (χ2n) is 7.73. The number of nitrogens with zero attached hydrogens (tertiary/aromatic N) is 6. The van der Waals surface area contributed by atoms with Crippen molar-refractivity contribution in [2.45, 2.75) is 51.8 Å². The van der Waals surface area contributed by atoms with Gasteiger partial charge in [-0.25, -0.2) is 9.67 Å². The summed E-state index contributed by atoms with van der Waals surface area (Å²) in [4.78, 5) is 6.96. The molecule has 0 aromatic carbocycles. The van der Waals surface area contributed by atoms with Crippen molar-refractivity contribution >= 4 is 5.65 Å². The van der Waals surface area contributed by atoms with Gasteiger partial charge < -0.3 is 9.51 Å². The molecule has 7 heteroatoms. The first kappa shape index (κ1) is 17.2. The summed E-state index contributed by atoms with van der Waals surface area (Å²) < 4.78 is 3.87. The molecule has 0 amide bonds. The molecule has 26 heavy (non-hydrogen) atoms. The molecule has 0 bridgehead atoms. The normalized spacial score (nSPS) is 21.7. The van der Waals surface area contributed by atoms with Crippen LogP contribution in [0.5, 0.6) is 0 Å². The maximum atomic E-state index is 11.2. The van der Waals surface area contributed by atoms with Crippen LogP contribution in [0.1, 0.15) is 49.7 Å². The third-order valence-corrected chi connectivity index (χ3v) is 5.10. The Kier molecular flexibility index (Phi) is 4.28. The zero-order valence-corrected chi connectivity index (χ0v) is 15.6. The van der Waals surface area contributed by atoms with Gasteiger partial charge in [0.1, 0.15) is 16.9 Å². The van der Waals surface area contributed by atoms with E-state index in [2.05, 4.69) is 58.8 Å². The summed E-state index contributed by atoms with van der Waals surface area (Å²) in [5, 5.41) is 19.6. The Hall–Kier alpha value is -2.25. The number of β-amino-alcohol motifs (C(OH)–C–C–N with tert-alkyl or cyclic N) is 1. The van der Waals surface area contributed by atoms with Gasteiger partial charge in [0.05, 0.1) is 11.9 Å². The van der Waals surface area contributed by atoms with E-state index in [9.17, 15) is 5.11 Å². The number of aryl methyl sites for hydroxylation is 1. The number of hydrogen-bond acceptors (Lipinski definition) is 5. The number of aliphatic hydroxyl groups is 1. The second kappa shape index (κ2) is 6.48. The Bertz CT molecular complexity index is 914. The molecule has 1 atom stereocenters. The highest BCUT2D eigenvalue weighted by Gasteiger charge is 2.37. The van der Waals surface area contributed by atoms with E-state index < -0.39 is 5.60 Å². The monoisotopic (exact) mass is 354 g/mol. The van der Waals surface area contributed by atoms with Gasteiger partial charge in [0.15, 0.2) is 0 Å². The van der Waals surface area contributed by atoms with E-state index in [1.54, 1.807) is 4.68 Å². The van der Waals surface area contributed by atoms with Crippen LogP contribution in [0, 0.1) is 6.92 Å². The van der Waals surface area contributed by atoms with Gasteiger partial charge in [-0.1, -0.05) is 11.3 Å². The van der Waals surface area contributed by atoms with Crippen molar-refractivity contribution < 1.29 is 5.11 Å². The van der Waals surface area contributed by atoms with Gasteiger partial charge in [0.2, 0.25) is 0 Å². The average Bonchev–Trinajstić information content (AvgIpc) is 3.21. The zero-order valence-electron chi connectivity index (χ0n) is 15.6. The molecule has 3 aromatic rings. The number of hydrogen-bond donors (Lipinski definition) is 1. The van der Waals surface area contributed by atoms with Crippen LogP contribution in [0.25, 0.3) is 5.65 Å². The van der Waals surface area contributed by atoms with Gasteiger partial charge in [-0.15, -0.1) is 5.10 Å². The summed E-state index contributed by atoms with van der Waals surface area (Å²) in [6, 6.07) is 4.35. The Morgan fingerprint density at radius 1 is 1.23 bits per heavy atom. The number of aromatic nitrogens is 5. The summed E-state index contributed by atoms with van der Waals surface area (Å²) in [6.07, 6.45) is 7.68. The first-order valence-electron chi connectivity index (χ1n) is 9.24. The van der Waals surface area contributed by atoms with Gasteiger partial charge in [0, 0.05) is 31.5 Å². The maximum Gasteiger partial charge on any atom is 0.137 e. The van der Waals surface area contributed by atoms with Crippen LogP contribution in [0.15, 0.2) is 30.7 Å². The first-order chi connectivity index (χ1) is 12.4. The molecule has 4 heterocycles. The van der Waals surface area contributed by atoms with E-state index in [-0.39, 0.29) is 6.04 Å². The molecule has 0 aliphatic carbocycles. The Labute approximate surface area is 153 Å². The predicted molar refractivity (Wildman–Crippen MR) is 98.7 cm³/mol. The van der Waals surface area contributed by atoms with Crippen LogP contribution in [0.4, 0.5) is 0 Å². The third kappa shape index (κ3) is 3.24. The van der Waals surface area contributed by atoms with Crippen LogP contribution in [-0.2, 0) is 12.1 Å². The van der Waals surface area contributed by atoms with Crippen molar-refractivity contribution in [3.05, 3.63) is 47.7 Å². The van der Waals surface area contributed by atoms with E-state index in [1.807, 2.05) is 12.3 Å². The van der Waals surface area contributed by atoms with E-state index in [4.69, 9.17) is 4.98 Å². The second-order valence-corrected chi connectivity index (χ2v) is 7.73. The molecule has 7 nitrogen and oxygen atoms in total. The molecule has 4 rings (SSSR count). The fourth-order valence-corrected chi connectivity index (χ4v) is 3.67. The summed E-state index contributed by atoms with van der Waals surface area (Å²) >= 11 is 0. The molecule has 3 aromatic heterocycles. The van der Waals surface area contributed by atoms with Crippen molar-refractivity contribution in [1.29, 1.82) is 0 Å². The molecule has 1 N–H and O–H groups in total. The fraction of sp³-hybridized carbons (Fsp3) is 0.526. The lowest BCUT2D eigenvalue weighted by Crippen LogP contribution is -2.46. The fourth-order valence-electron chi connectivity index (χ4n) is 3.67. The lowest BCUT2D eigenvalue weighted by molar-refractivity contribution is -0.0417. The minimum absolute atomic E-state index is 0.237. The Balaban J connectivity index is 1.51. The number of pyridine rings is 1. The van der Waals surface area contributed by atoms with Crippen LogP contribution in [-0.4, -0.2) is 47.5 Å². The van der Waals surface area contributed by atoms with Gasteiger partial charge >= 0.3 is 0 Å². The van der Waals surface area contributed by atoms with E-state index in [1.165, 1.54) is 5.56 Å². The maximum absolute atomic E-state index is 11.2. The van der Waals surface area contributed by atoms with Crippen molar-refractivity contribution in [2.75, 3.05) is 13.1 Å². The average molecular weight is 354 g/mol. The molecule has 1 aliphatic heterocycles. The molecule has 138 valence electrons. The van der Waals surface area contributed by atoms with E-state index in [0.717, 1.165) is 30.9 Å². The number of likely N-dealkylation sites (tertiary alicyclic amines) is 1. The highest BCUT2D eigenvalue weighted by Crippen LogP contribution is 2.31. The molecule has 1 saturated heterocycles. The van der Waals surface area contributed by atoms with E-state index >= 15 is 0 Å². The Morgan fingerprint density at radius 2 is 2.08 bits per heavy atom. The van der Waals surface area contributed by atoms with Crippen LogP contribution < -0.4 is 0 Å². The molecule has 0 spiro atoms. The van der Waals surface area contributed by atoms with Crippen molar-refractivity contribution in [1.82, 2.24) is 29.3 Å². The molecule has 0 radical (unpaired) electrons. The van der Waals surface area contributed by atoms with Crippen LogP contribution in [0.2, 0.25) is 0 Å². The van der Waals surface area contributed by atoms with Crippen LogP contribution >= 0.6 is 0 Å². The summed E-state index contributed by atoms with van der Waals surface area (Å²) in [5.41, 5.74) is 2.91. The van der Waals surface area contributed by atoms with E-state index in [0.29, 0.717) is 18.7 Å². The van der Waals surface area contributed by atoms with Crippen LogP contribution in [0.3, 0.4) is 0 Å². The summed E-state index contributed by atoms with van der Waals surface area (Å²) in [5.74, 6) is 0. The predicted octanol–water partition coefficient (Wildman–Crippen LogP) is 2.30. The Morgan fingerprint density at radius 3 is 2.85 bits per heavy atom. The lowest BCUT2D eigenvalue weighted by atomic mass is 9.90. The molecule has 1 aliphatic rings. The summed E-state index contributed by atoms with van der Waals surface area (Å²) in [6.45, 7) is 8.42. The zero-order chi connectivity index (χ0) is 18.3. The number of piperidine rings is 1. The van der Waals surface area contributed by atoms with Gasteiger partial charge in [0.25, 0.3) is 0 Å². The van der Waals surface area contributed by atoms with Crippen molar-refractivity contribution in [2.24, 2.45) is 0 Å². The quantitative estimate of drug-likeness (QED) is 0.778. The smallest absolute Gasteiger partial charge is 0.137 e. The number of imidazole rings is 1. The highest BCUT2D eigenvalue weighted by molar-refractivity contribution is 5.41. The van der Waals surface area contributed by atoms with Crippen molar-refractivity contribution in [3.63, 3.8) is 0 Å². The minimum Gasteiger partial charge on any atom is -0.382 e. The highest BCUT2D eigenvalue weighted by atomic mass is 16.3. The molecule has 0 saturated carbocycles. The molecule has 1 unspecified atom stereocenters. The standard InChI is InChI=1S/C19H26N6O/c1-14(2)25-12-17(21-22-25)19(26)7-4-8-23(13-19)10-16-11-24-9-15(3)5-6-18(24)20-16/h5-6,9,11-12,14,26H,4,7-8,10,13H2,1-3H3. The van der Waals surface area contributed by atoms with Gasteiger partial charge in [-0.2, -0.15) is 0 Å². The van der Waals surface area contributed by atoms with Gasteiger partial charge in [-0.05, 0) is 51.8 Å². The molecule has 1 fully saturated rings. The third-order valence-electron chi connectivity index (χ3n) is 5.10. The van der Waals surface area contributed by atoms with Crippen molar-refractivity contribution in [3.8, 4) is 0 Å². The number of fused-ring (bicyclic) bond motifs is 1. The minimum atomic E-state index is -0.943. The molecular formula is C19H26N6O. The lowest BCUT2D eigenvalue weighted by Gasteiger charge is -2.37. The first-order valence-corrected chi connectivity index (χ1v) is 9.24. The summed E-state index contributed by atoms with van der Waals surface area (Å²) in [7, 11) is 0. The van der Waals surface area contributed by atoms with Gasteiger partial charge in [-0.3, -0.25) is 4.90 Å². The topological polar surface area (TPSA) is 71.5 Å².